The minimum atomic E-state index is -4.27. The van der Waals surface area contributed by atoms with Crippen molar-refractivity contribution >= 4 is 5.78 Å². The summed E-state index contributed by atoms with van der Waals surface area (Å²) in [7, 11) is 0. The average molecular weight is 289 g/mol. The molecule has 1 heterocycles. The van der Waals surface area contributed by atoms with E-state index in [4.69, 9.17) is 0 Å². The van der Waals surface area contributed by atoms with Crippen molar-refractivity contribution in [1.82, 2.24) is 4.57 Å². The van der Waals surface area contributed by atoms with Crippen molar-refractivity contribution in [2.45, 2.75) is 44.8 Å². The summed E-state index contributed by atoms with van der Waals surface area (Å²) in [6.07, 6.45) is 3.41. The fraction of sp³-hybridized carbons (Fsp3) is 0.643. The van der Waals surface area contributed by atoms with Crippen molar-refractivity contribution in [3.8, 4) is 0 Å². The average Bonchev–Trinajstić information content (AvgIpc) is 2.68. The highest BCUT2D eigenvalue weighted by Gasteiger charge is 2.27. The summed E-state index contributed by atoms with van der Waals surface area (Å²) in [6.45, 7) is -0.567. The zero-order chi connectivity index (χ0) is 14.6. The summed E-state index contributed by atoms with van der Waals surface area (Å²) >= 11 is 0. The van der Waals surface area contributed by atoms with Crippen molar-refractivity contribution in [2.24, 2.45) is 0 Å². The maximum atomic E-state index is 11.9. The molecule has 112 valence electrons. The number of fused-ring (bicyclic) bond motifs is 1. The van der Waals surface area contributed by atoms with Crippen LogP contribution in [0.1, 0.15) is 41.6 Å². The number of nitrogens with zero attached hydrogens (tertiary/aromatic N) is 1. The zero-order valence-electron chi connectivity index (χ0n) is 11.2. The molecule has 0 bridgehead atoms. The number of aromatic nitrogens is 1. The number of Topliss-reactive ketones (excluding diaryl/α,β-unsaturated/α-hetero) is 1. The van der Waals surface area contributed by atoms with E-state index in [0.717, 1.165) is 30.4 Å². The van der Waals surface area contributed by atoms with Crippen molar-refractivity contribution in [1.29, 1.82) is 0 Å². The molecule has 0 aromatic carbocycles. The molecule has 0 saturated carbocycles. The SMILES string of the molecule is O=C1CCCCc2cn(CCCOCC(F)(F)F)cc21. The normalized spacial score (nSPS) is 16.1. The molecule has 0 atom stereocenters. The maximum absolute atomic E-state index is 11.9. The Kier molecular flexibility index (Phi) is 4.86. The number of ketones is 1. The Labute approximate surface area is 115 Å². The van der Waals surface area contributed by atoms with Crippen molar-refractivity contribution < 1.29 is 22.7 Å². The topological polar surface area (TPSA) is 31.2 Å². The van der Waals surface area contributed by atoms with Crippen molar-refractivity contribution in [2.75, 3.05) is 13.2 Å². The number of alkyl halides is 3. The van der Waals surface area contributed by atoms with E-state index in [9.17, 15) is 18.0 Å². The van der Waals surface area contributed by atoms with Crippen LogP contribution in [0.25, 0.3) is 0 Å². The molecule has 20 heavy (non-hydrogen) atoms. The second-order valence-corrected chi connectivity index (χ2v) is 5.09. The van der Waals surface area contributed by atoms with E-state index < -0.39 is 12.8 Å². The van der Waals surface area contributed by atoms with Crippen LogP contribution in [0.4, 0.5) is 13.2 Å². The predicted molar refractivity (Wildman–Crippen MR) is 67.8 cm³/mol. The highest BCUT2D eigenvalue weighted by atomic mass is 19.4. The van der Waals surface area contributed by atoms with E-state index in [2.05, 4.69) is 4.74 Å². The van der Waals surface area contributed by atoms with Crippen molar-refractivity contribution in [3.05, 3.63) is 23.5 Å². The molecule has 6 heteroatoms. The van der Waals surface area contributed by atoms with E-state index in [1.165, 1.54) is 0 Å². The first-order valence-corrected chi connectivity index (χ1v) is 6.82. The molecular formula is C14H18F3NO2. The molecule has 2 rings (SSSR count). The zero-order valence-corrected chi connectivity index (χ0v) is 11.2. The fourth-order valence-corrected chi connectivity index (χ4v) is 2.41. The van der Waals surface area contributed by atoms with Crippen LogP contribution in [0.5, 0.6) is 0 Å². The van der Waals surface area contributed by atoms with Gasteiger partial charge in [0.15, 0.2) is 5.78 Å². The lowest BCUT2D eigenvalue weighted by Crippen LogP contribution is -2.17. The molecule has 0 aliphatic heterocycles. The number of hydrogen-bond acceptors (Lipinski definition) is 2. The number of halogens is 3. The monoisotopic (exact) mass is 289 g/mol. The van der Waals surface area contributed by atoms with E-state index in [1.807, 2.05) is 17.0 Å². The third-order valence-corrected chi connectivity index (χ3v) is 3.33. The number of rotatable bonds is 5. The van der Waals surface area contributed by atoms with Gasteiger partial charge in [0.2, 0.25) is 0 Å². The van der Waals surface area contributed by atoms with Crippen LogP contribution in [-0.4, -0.2) is 29.7 Å². The first-order chi connectivity index (χ1) is 9.46. The van der Waals surface area contributed by atoms with E-state index in [-0.39, 0.29) is 12.4 Å². The molecule has 1 aromatic heterocycles. The molecule has 0 saturated heterocycles. The number of carbonyl (C=O) groups is 1. The van der Waals surface area contributed by atoms with Crippen LogP contribution in [0.2, 0.25) is 0 Å². The van der Waals surface area contributed by atoms with Gasteiger partial charge in [-0.25, -0.2) is 0 Å². The summed E-state index contributed by atoms with van der Waals surface area (Å²) in [5, 5.41) is 0. The number of hydrogen-bond donors (Lipinski definition) is 0. The van der Waals surface area contributed by atoms with E-state index in [1.54, 1.807) is 0 Å². The Morgan fingerprint density at radius 2 is 1.95 bits per heavy atom. The van der Waals surface area contributed by atoms with Gasteiger partial charge in [0, 0.05) is 37.5 Å². The van der Waals surface area contributed by atoms with E-state index in [0.29, 0.717) is 19.4 Å². The van der Waals surface area contributed by atoms with Crippen LogP contribution in [0.15, 0.2) is 12.4 Å². The molecule has 3 nitrogen and oxygen atoms in total. The molecule has 0 unspecified atom stereocenters. The Balaban J connectivity index is 1.80. The first kappa shape index (κ1) is 15.1. The number of carbonyl (C=O) groups excluding carboxylic acids is 1. The minimum absolute atomic E-state index is 0.0658. The lowest BCUT2D eigenvalue weighted by Gasteiger charge is -2.07. The Bertz CT molecular complexity index is 465. The van der Waals surface area contributed by atoms with Crippen LogP contribution in [0.3, 0.4) is 0 Å². The largest absolute Gasteiger partial charge is 0.411 e. The minimum Gasteiger partial charge on any atom is -0.372 e. The highest BCUT2D eigenvalue weighted by Crippen LogP contribution is 2.21. The molecule has 0 radical (unpaired) electrons. The van der Waals surface area contributed by atoms with Gasteiger partial charge in [0.1, 0.15) is 6.61 Å². The molecular weight excluding hydrogens is 271 g/mol. The standard InChI is InChI=1S/C14H18F3NO2/c15-14(16,17)10-20-7-3-6-18-8-11-4-1-2-5-13(19)12(11)9-18/h8-9H,1-7,10H2. The summed E-state index contributed by atoms with van der Waals surface area (Å²) < 4.78 is 42.1. The Hall–Kier alpha value is -1.30. The molecule has 0 fully saturated rings. The molecule has 0 amide bonds. The molecule has 0 N–H and O–H groups in total. The predicted octanol–water partition coefficient (Wildman–Crippen LogP) is 3.37. The van der Waals surface area contributed by atoms with Gasteiger partial charge in [-0.05, 0) is 31.2 Å². The van der Waals surface area contributed by atoms with Gasteiger partial charge in [-0.15, -0.1) is 0 Å². The summed E-state index contributed by atoms with van der Waals surface area (Å²) in [4.78, 5) is 11.8. The molecule has 0 spiro atoms. The third-order valence-electron chi connectivity index (χ3n) is 3.33. The quantitative estimate of drug-likeness (QED) is 0.615. The lowest BCUT2D eigenvalue weighted by atomic mass is 10.1. The van der Waals surface area contributed by atoms with Gasteiger partial charge >= 0.3 is 6.18 Å². The van der Waals surface area contributed by atoms with Crippen LogP contribution in [0, 0.1) is 0 Å². The number of aryl methyl sites for hydroxylation is 2. The number of ether oxygens (including phenoxy) is 1. The van der Waals surface area contributed by atoms with Gasteiger partial charge in [-0.1, -0.05) is 0 Å². The van der Waals surface area contributed by atoms with Gasteiger partial charge < -0.3 is 9.30 Å². The van der Waals surface area contributed by atoms with Crippen LogP contribution < -0.4 is 0 Å². The van der Waals surface area contributed by atoms with Crippen LogP contribution >= 0.6 is 0 Å². The van der Waals surface area contributed by atoms with Gasteiger partial charge in [0.25, 0.3) is 0 Å². The Morgan fingerprint density at radius 3 is 2.70 bits per heavy atom. The van der Waals surface area contributed by atoms with Gasteiger partial charge in [0.05, 0.1) is 0 Å². The smallest absolute Gasteiger partial charge is 0.372 e. The second kappa shape index (κ2) is 6.43. The summed E-state index contributed by atoms with van der Waals surface area (Å²) in [5.41, 5.74) is 1.84. The lowest BCUT2D eigenvalue weighted by molar-refractivity contribution is -0.174. The fourth-order valence-electron chi connectivity index (χ4n) is 2.41. The maximum Gasteiger partial charge on any atom is 0.411 e. The summed E-state index contributed by atoms with van der Waals surface area (Å²) in [6, 6.07) is 0. The highest BCUT2D eigenvalue weighted by molar-refractivity contribution is 5.97. The molecule has 1 aromatic rings. The van der Waals surface area contributed by atoms with Gasteiger partial charge in [-0.2, -0.15) is 13.2 Å². The third kappa shape index (κ3) is 4.37. The Morgan fingerprint density at radius 1 is 1.20 bits per heavy atom. The second-order valence-electron chi connectivity index (χ2n) is 5.09. The molecule has 1 aliphatic rings. The first-order valence-electron chi connectivity index (χ1n) is 6.82. The van der Waals surface area contributed by atoms with Crippen molar-refractivity contribution in [3.63, 3.8) is 0 Å². The van der Waals surface area contributed by atoms with Crippen LogP contribution in [-0.2, 0) is 17.7 Å². The molecule has 1 aliphatic carbocycles. The van der Waals surface area contributed by atoms with Gasteiger partial charge in [-0.3, -0.25) is 4.79 Å². The summed E-state index contributed by atoms with van der Waals surface area (Å²) in [5.74, 6) is 0.171. The van der Waals surface area contributed by atoms with E-state index >= 15 is 0 Å².